The van der Waals surface area contributed by atoms with Crippen LogP contribution in [0.3, 0.4) is 0 Å². The first-order chi connectivity index (χ1) is 25.2. The van der Waals surface area contributed by atoms with E-state index in [1.807, 2.05) is 58.1 Å². The number of alkyl halides is 1. The first-order valence-corrected chi connectivity index (χ1v) is 18.3. The van der Waals surface area contributed by atoms with E-state index in [1.54, 1.807) is 18.5 Å². The van der Waals surface area contributed by atoms with Gasteiger partial charge in [-0.1, -0.05) is 47.5 Å². The van der Waals surface area contributed by atoms with Crippen LogP contribution in [-0.4, -0.2) is 78.9 Å². The van der Waals surface area contributed by atoms with Crippen molar-refractivity contribution in [2.24, 2.45) is 5.92 Å². The monoisotopic (exact) mass is 742 g/mol. The van der Waals surface area contributed by atoms with Gasteiger partial charge in [0, 0.05) is 55.1 Å². The van der Waals surface area contributed by atoms with Crippen LogP contribution in [0, 0.1) is 5.92 Å². The van der Waals surface area contributed by atoms with Gasteiger partial charge in [-0.15, -0.1) is 0 Å². The molecular weight excluding hydrogens is 706 g/mol. The van der Waals surface area contributed by atoms with Gasteiger partial charge < -0.3 is 15.7 Å². The van der Waals surface area contributed by atoms with E-state index in [1.165, 1.54) is 0 Å². The van der Waals surface area contributed by atoms with Gasteiger partial charge in [0.05, 0.1) is 39.1 Å². The molecule has 11 nitrogen and oxygen atoms in total. The number of anilines is 3. The molecule has 0 bridgehead atoms. The molecule has 1 atom stereocenters. The third-order valence-corrected chi connectivity index (χ3v) is 11.1. The topological polar surface area (TPSA) is 129 Å². The molecule has 3 N–H and O–H groups in total. The van der Waals surface area contributed by atoms with Crippen LogP contribution in [0.5, 0.6) is 0 Å². The number of nitrogens with one attached hydrogen (secondary N) is 2. The maximum absolute atomic E-state index is 13.6. The lowest BCUT2D eigenvalue weighted by Crippen LogP contribution is -2.47. The van der Waals surface area contributed by atoms with Crippen molar-refractivity contribution in [3.8, 4) is 11.1 Å². The number of amides is 1. The van der Waals surface area contributed by atoms with Gasteiger partial charge in [0.1, 0.15) is 11.7 Å². The highest BCUT2D eigenvalue weighted by Gasteiger charge is 2.33. The fourth-order valence-corrected chi connectivity index (χ4v) is 8.11. The maximum atomic E-state index is 13.6. The van der Waals surface area contributed by atoms with Gasteiger partial charge in [-0.3, -0.25) is 29.1 Å². The number of aliphatic carboxylic acids is 1. The lowest BCUT2D eigenvalue weighted by atomic mass is 9.93. The van der Waals surface area contributed by atoms with Crippen molar-refractivity contribution >= 4 is 63.2 Å². The number of piperidine rings is 1. The second-order valence-electron chi connectivity index (χ2n) is 13.8. The first-order valence-electron chi connectivity index (χ1n) is 17.5. The molecule has 0 spiro atoms. The smallest absolute Gasteiger partial charge is 0.306 e. The van der Waals surface area contributed by atoms with Gasteiger partial charge in [-0.2, -0.15) is 5.10 Å². The van der Waals surface area contributed by atoms with Gasteiger partial charge in [0.2, 0.25) is 0 Å². The van der Waals surface area contributed by atoms with E-state index in [9.17, 15) is 19.1 Å². The Hall–Kier alpha value is -4.62. The molecule has 6 heterocycles. The van der Waals surface area contributed by atoms with E-state index in [2.05, 4.69) is 30.6 Å². The number of aryl methyl sites for hydroxylation is 1. The van der Waals surface area contributed by atoms with Crippen molar-refractivity contribution in [1.29, 1.82) is 0 Å². The SMILES string of the molecule is O=C(Nc1cccc(-c2cccc(Nc3nccc4cc(CN5CC(F)C5)cnc34)c2Cl)c1Cl)c1cc2n(n1)CCC[C@@H]2N1CCC(C(=O)O)CC1. The predicted octanol–water partition coefficient (Wildman–Crippen LogP) is 7.58. The summed E-state index contributed by atoms with van der Waals surface area (Å²) in [6.07, 6.45) is 5.84. The molecule has 268 valence electrons. The quantitative estimate of drug-likeness (QED) is 0.140. The second kappa shape index (κ2) is 14.4. The molecular formula is C38H37Cl2FN8O3. The standard InChI is InChI=1S/C38H37Cl2FN8O3/c39-33-26(4-1-6-28(33)44-36-35-24(9-12-42-36)16-22(18-43-35)19-47-20-25(41)21-47)27-5-2-7-29(34(27)40)45-37(50)30-17-32-31(8-3-13-49(32)46-30)48-14-10-23(11-15-48)38(51)52/h1-2,4-7,9,12,16-18,23,25,31H,3,8,10-11,13-15,19-21H2,(H,42,44)(H,45,50)(H,51,52)/t31-/m0/s1. The Morgan fingerprint density at radius 2 is 1.65 bits per heavy atom. The number of rotatable bonds is 9. The highest BCUT2D eigenvalue weighted by Crippen LogP contribution is 2.41. The predicted molar refractivity (Wildman–Crippen MR) is 199 cm³/mol. The molecule has 8 rings (SSSR count). The number of carboxylic acid groups (broad SMARTS) is 1. The third kappa shape index (κ3) is 6.83. The molecule has 2 fully saturated rings. The summed E-state index contributed by atoms with van der Waals surface area (Å²) in [5, 5.41) is 22.0. The number of carbonyl (C=O) groups is 2. The Labute approximate surface area is 309 Å². The summed E-state index contributed by atoms with van der Waals surface area (Å²) >= 11 is 14.0. The summed E-state index contributed by atoms with van der Waals surface area (Å²) in [6.45, 7) is 3.66. The summed E-state index contributed by atoms with van der Waals surface area (Å²) in [5.74, 6) is -0.870. The number of likely N-dealkylation sites (tertiary alicyclic amines) is 2. The van der Waals surface area contributed by atoms with E-state index in [-0.39, 0.29) is 17.9 Å². The van der Waals surface area contributed by atoms with Crippen LogP contribution < -0.4 is 10.6 Å². The zero-order valence-electron chi connectivity index (χ0n) is 28.2. The lowest BCUT2D eigenvalue weighted by molar-refractivity contribution is -0.143. The average molecular weight is 744 g/mol. The Morgan fingerprint density at radius 3 is 2.38 bits per heavy atom. The van der Waals surface area contributed by atoms with Gasteiger partial charge in [-0.05, 0) is 74.7 Å². The number of pyridine rings is 2. The zero-order chi connectivity index (χ0) is 35.9. The molecule has 0 radical (unpaired) electrons. The number of carboxylic acids is 1. The lowest BCUT2D eigenvalue weighted by Gasteiger charge is -2.38. The van der Waals surface area contributed by atoms with Gasteiger partial charge in [0.15, 0.2) is 11.5 Å². The number of hydrogen-bond acceptors (Lipinski definition) is 8. The van der Waals surface area contributed by atoms with Crippen molar-refractivity contribution in [2.45, 2.75) is 51.0 Å². The van der Waals surface area contributed by atoms with Crippen molar-refractivity contribution < 1.29 is 19.1 Å². The van der Waals surface area contributed by atoms with Crippen molar-refractivity contribution in [2.75, 3.05) is 36.8 Å². The molecule has 52 heavy (non-hydrogen) atoms. The zero-order valence-corrected chi connectivity index (χ0v) is 29.7. The highest BCUT2D eigenvalue weighted by atomic mass is 35.5. The first kappa shape index (κ1) is 34.5. The minimum absolute atomic E-state index is 0.0896. The molecule has 2 aromatic carbocycles. The number of fused-ring (bicyclic) bond motifs is 2. The molecule has 3 aromatic heterocycles. The van der Waals surface area contributed by atoms with Gasteiger partial charge in [0.25, 0.3) is 5.91 Å². The average Bonchev–Trinajstić information content (AvgIpc) is 3.58. The summed E-state index contributed by atoms with van der Waals surface area (Å²) in [4.78, 5) is 38.6. The molecule has 1 amide bonds. The van der Waals surface area contributed by atoms with Gasteiger partial charge >= 0.3 is 5.97 Å². The van der Waals surface area contributed by atoms with Crippen molar-refractivity contribution in [3.05, 3.63) is 94.0 Å². The maximum Gasteiger partial charge on any atom is 0.306 e. The number of benzene rings is 2. The molecule has 3 aliphatic heterocycles. The number of aromatic nitrogens is 4. The molecule has 14 heteroatoms. The number of halogens is 3. The van der Waals surface area contributed by atoms with Crippen LogP contribution in [0.4, 0.5) is 21.6 Å². The minimum Gasteiger partial charge on any atom is -0.481 e. The van der Waals surface area contributed by atoms with Gasteiger partial charge in [-0.25, -0.2) is 9.37 Å². The van der Waals surface area contributed by atoms with Crippen LogP contribution in [0.2, 0.25) is 10.0 Å². The molecule has 0 unspecified atom stereocenters. The van der Waals surface area contributed by atoms with Crippen LogP contribution in [0.25, 0.3) is 22.0 Å². The Balaban J connectivity index is 0.993. The van der Waals surface area contributed by atoms with Crippen LogP contribution >= 0.6 is 23.2 Å². The summed E-state index contributed by atoms with van der Waals surface area (Å²) in [6, 6.07) is 16.8. The summed E-state index contributed by atoms with van der Waals surface area (Å²) in [5.41, 5.74) is 5.28. The number of hydrogen-bond donors (Lipinski definition) is 3. The normalized spacial score (nSPS) is 18.6. The Kier molecular flexibility index (Phi) is 9.56. The molecule has 2 saturated heterocycles. The molecule has 0 saturated carbocycles. The number of carbonyl (C=O) groups excluding carboxylic acids is 1. The fourth-order valence-electron chi connectivity index (χ4n) is 7.56. The van der Waals surface area contributed by atoms with E-state index in [4.69, 9.17) is 23.2 Å². The van der Waals surface area contributed by atoms with Crippen LogP contribution in [-0.2, 0) is 17.9 Å². The Morgan fingerprint density at radius 1 is 0.923 bits per heavy atom. The second-order valence-corrected chi connectivity index (χ2v) is 14.5. The molecule has 3 aliphatic rings. The molecule has 0 aliphatic carbocycles. The van der Waals surface area contributed by atoms with E-state index in [0.717, 1.165) is 36.0 Å². The minimum atomic E-state index is -0.754. The summed E-state index contributed by atoms with van der Waals surface area (Å²) < 4.78 is 15.2. The third-order valence-electron chi connectivity index (χ3n) is 10.3. The summed E-state index contributed by atoms with van der Waals surface area (Å²) in [7, 11) is 0. The van der Waals surface area contributed by atoms with E-state index >= 15 is 0 Å². The molecule has 5 aromatic rings. The van der Waals surface area contributed by atoms with E-state index < -0.39 is 12.1 Å². The van der Waals surface area contributed by atoms with Crippen LogP contribution in [0.15, 0.2) is 67.0 Å². The van der Waals surface area contributed by atoms with Crippen LogP contribution in [0.1, 0.15) is 53.5 Å². The Bertz CT molecular complexity index is 2170. The van der Waals surface area contributed by atoms with Crippen molar-refractivity contribution in [1.82, 2.24) is 29.5 Å². The fraction of sp³-hybridized carbons (Fsp3) is 0.342. The largest absolute Gasteiger partial charge is 0.481 e. The number of nitrogens with zero attached hydrogens (tertiary/aromatic N) is 6. The van der Waals surface area contributed by atoms with E-state index in [0.29, 0.717) is 95.1 Å². The van der Waals surface area contributed by atoms with Crippen molar-refractivity contribution in [3.63, 3.8) is 0 Å². The highest BCUT2D eigenvalue weighted by molar-refractivity contribution is 6.39.